The van der Waals surface area contributed by atoms with E-state index in [4.69, 9.17) is 16.3 Å². The smallest absolute Gasteiger partial charge is 0.174 e. The van der Waals surface area contributed by atoms with Gasteiger partial charge in [-0.2, -0.15) is 0 Å². The molecule has 2 nitrogen and oxygen atoms in total. The van der Waals surface area contributed by atoms with Gasteiger partial charge in [-0.05, 0) is 23.3 Å². The molecule has 2 rings (SSSR count). The number of hydrogen-bond donors (Lipinski definition) is 1. The largest absolute Gasteiger partial charge is 0.484 e. The van der Waals surface area contributed by atoms with E-state index in [1.807, 2.05) is 44.2 Å². The van der Waals surface area contributed by atoms with E-state index in [-0.39, 0.29) is 24.0 Å². The van der Waals surface area contributed by atoms with Gasteiger partial charge < -0.3 is 9.84 Å². The fraction of sp³-hybridized carbons (Fsp3) is 0.294. The Morgan fingerprint density at radius 3 is 2.43 bits per heavy atom. The number of aliphatic hydroxyl groups is 1. The van der Waals surface area contributed by atoms with Gasteiger partial charge in [-0.15, -0.1) is 0 Å². The van der Waals surface area contributed by atoms with Crippen LogP contribution in [0.1, 0.15) is 25.0 Å². The van der Waals surface area contributed by atoms with Crippen LogP contribution in [0, 0.1) is 5.82 Å². The Bertz CT molecular complexity index is 588. The lowest BCUT2D eigenvalue weighted by molar-refractivity contribution is 0.217. The summed E-state index contributed by atoms with van der Waals surface area (Å²) in [5.41, 5.74) is 1.02. The van der Waals surface area contributed by atoms with Crippen molar-refractivity contribution in [3.8, 4) is 5.75 Å². The fourth-order valence-corrected chi connectivity index (χ4v) is 2.17. The second kappa shape index (κ2) is 6.46. The molecule has 1 N–H and O–H groups in total. The second-order valence-electron chi connectivity index (χ2n) is 5.59. The number of ether oxygens (including phenoxy) is 1. The van der Waals surface area contributed by atoms with Crippen LogP contribution in [0.25, 0.3) is 0 Å². The molecule has 0 saturated heterocycles. The van der Waals surface area contributed by atoms with Gasteiger partial charge in [-0.1, -0.05) is 55.8 Å². The number of benzene rings is 2. The van der Waals surface area contributed by atoms with Crippen molar-refractivity contribution in [2.45, 2.75) is 25.9 Å². The van der Waals surface area contributed by atoms with Gasteiger partial charge in [-0.25, -0.2) is 4.39 Å². The van der Waals surface area contributed by atoms with Crippen LogP contribution < -0.4 is 4.74 Å². The molecule has 2 aromatic carbocycles. The minimum Gasteiger partial charge on any atom is -0.484 e. The average molecular weight is 309 g/mol. The average Bonchev–Trinajstić information content (AvgIpc) is 2.47. The van der Waals surface area contributed by atoms with Crippen LogP contribution in [-0.4, -0.2) is 11.7 Å². The lowest BCUT2D eigenvalue weighted by Gasteiger charge is -2.23. The lowest BCUT2D eigenvalue weighted by atomic mass is 9.85. The van der Waals surface area contributed by atoms with Crippen molar-refractivity contribution < 1.29 is 14.2 Å². The van der Waals surface area contributed by atoms with Gasteiger partial charge in [0.1, 0.15) is 6.61 Å². The fourth-order valence-electron chi connectivity index (χ4n) is 1.91. The predicted molar refractivity (Wildman–Crippen MR) is 82.3 cm³/mol. The molecule has 0 aliphatic carbocycles. The van der Waals surface area contributed by atoms with E-state index in [2.05, 4.69) is 0 Å². The summed E-state index contributed by atoms with van der Waals surface area (Å²) in [6, 6.07) is 12.5. The van der Waals surface area contributed by atoms with Crippen LogP contribution in [-0.2, 0) is 12.0 Å². The summed E-state index contributed by atoms with van der Waals surface area (Å²) in [6.07, 6.45) is 0. The molecular formula is C17H18ClFO2. The van der Waals surface area contributed by atoms with Gasteiger partial charge in [0, 0.05) is 5.41 Å². The first-order chi connectivity index (χ1) is 9.94. The molecule has 21 heavy (non-hydrogen) atoms. The zero-order chi connectivity index (χ0) is 15.5. The molecule has 4 heteroatoms. The first-order valence-corrected chi connectivity index (χ1v) is 7.09. The molecule has 0 amide bonds. The molecule has 0 unspecified atom stereocenters. The van der Waals surface area contributed by atoms with Crippen molar-refractivity contribution in [1.82, 2.24) is 0 Å². The number of hydrogen-bond acceptors (Lipinski definition) is 2. The first-order valence-electron chi connectivity index (χ1n) is 6.71. The van der Waals surface area contributed by atoms with Crippen molar-refractivity contribution in [2.75, 3.05) is 6.61 Å². The van der Waals surface area contributed by atoms with Gasteiger partial charge in [0.25, 0.3) is 0 Å². The Labute approximate surface area is 129 Å². The van der Waals surface area contributed by atoms with E-state index in [0.717, 1.165) is 5.56 Å². The molecule has 0 fully saturated rings. The molecule has 0 aromatic heterocycles. The Morgan fingerprint density at radius 1 is 1.19 bits per heavy atom. The Hall–Kier alpha value is -1.58. The second-order valence-corrected chi connectivity index (χ2v) is 5.99. The molecular weight excluding hydrogens is 291 g/mol. The van der Waals surface area contributed by atoms with Crippen LogP contribution in [0.4, 0.5) is 4.39 Å². The minimum absolute atomic E-state index is 0.0398. The molecule has 112 valence electrons. The molecule has 2 aromatic rings. The molecule has 0 heterocycles. The summed E-state index contributed by atoms with van der Waals surface area (Å²) in [4.78, 5) is 0. The Balaban J connectivity index is 2.22. The molecule has 0 atom stereocenters. The highest BCUT2D eigenvalue weighted by Crippen LogP contribution is 2.34. The highest BCUT2D eigenvalue weighted by atomic mass is 35.5. The number of aliphatic hydroxyl groups excluding tert-OH is 1. The maximum absolute atomic E-state index is 14.2. The summed E-state index contributed by atoms with van der Waals surface area (Å²) in [7, 11) is 0. The van der Waals surface area contributed by atoms with E-state index >= 15 is 0 Å². The molecule has 0 aliphatic rings. The monoisotopic (exact) mass is 308 g/mol. The highest BCUT2D eigenvalue weighted by Gasteiger charge is 2.23. The molecule has 0 radical (unpaired) electrons. The standard InChI is InChI=1S/C17H18ClFO2/c1-17(2,11-20)13-8-14(18)16(15(19)9-13)21-10-12-6-4-3-5-7-12/h3-9,20H,10-11H2,1-2H3. The van der Waals surface area contributed by atoms with E-state index in [9.17, 15) is 9.50 Å². The van der Waals surface area contributed by atoms with Gasteiger partial charge in [0.2, 0.25) is 0 Å². The number of rotatable bonds is 5. The third-order valence-electron chi connectivity index (χ3n) is 3.40. The number of halogens is 2. The third kappa shape index (κ3) is 3.74. The van der Waals surface area contributed by atoms with Crippen molar-refractivity contribution in [3.63, 3.8) is 0 Å². The summed E-state index contributed by atoms with van der Waals surface area (Å²) in [5.74, 6) is -0.479. The SMILES string of the molecule is CC(C)(CO)c1cc(F)c(OCc2ccccc2)c(Cl)c1. The van der Waals surface area contributed by atoms with Crippen molar-refractivity contribution in [1.29, 1.82) is 0 Å². The van der Waals surface area contributed by atoms with E-state index in [0.29, 0.717) is 5.56 Å². The maximum atomic E-state index is 14.2. The van der Waals surface area contributed by atoms with Gasteiger partial charge >= 0.3 is 0 Å². The van der Waals surface area contributed by atoms with Gasteiger partial charge in [0.15, 0.2) is 11.6 Å². The molecule has 0 saturated carbocycles. The van der Waals surface area contributed by atoms with Crippen LogP contribution in [0.3, 0.4) is 0 Å². The van der Waals surface area contributed by atoms with Crippen molar-refractivity contribution >= 4 is 11.6 Å². The quantitative estimate of drug-likeness (QED) is 0.891. The van der Waals surface area contributed by atoms with Crippen LogP contribution in [0.2, 0.25) is 5.02 Å². The summed E-state index contributed by atoms with van der Waals surface area (Å²) in [6.45, 7) is 3.80. The van der Waals surface area contributed by atoms with Gasteiger partial charge in [0.05, 0.1) is 11.6 Å². The third-order valence-corrected chi connectivity index (χ3v) is 3.68. The molecule has 0 bridgehead atoms. The highest BCUT2D eigenvalue weighted by molar-refractivity contribution is 6.32. The summed E-state index contributed by atoms with van der Waals surface area (Å²) < 4.78 is 19.7. The molecule has 0 spiro atoms. The zero-order valence-electron chi connectivity index (χ0n) is 12.1. The van der Waals surface area contributed by atoms with E-state index < -0.39 is 11.2 Å². The predicted octanol–water partition coefficient (Wildman–Crippen LogP) is 4.33. The van der Waals surface area contributed by atoms with Crippen LogP contribution in [0.15, 0.2) is 42.5 Å². The van der Waals surface area contributed by atoms with Crippen LogP contribution >= 0.6 is 11.6 Å². The lowest BCUT2D eigenvalue weighted by Crippen LogP contribution is -2.22. The minimum atomic E-state index is -0.553. The molecule has 0 aliphatic heterocycles. The van der Waals surface area contributed by atoms with Crippen molar-refractivity contribution in [3.05, 3.63) is 64.4 Å². The van der Waals surface area contributed by atoms with E-state index in [1.165, 1.54) is 6.07 Å². The van der Waals surface area contributed by atoms with Crippen molar-refractivity contribution in [2.24, 2.45) is 0 Å². The van der Waals surface area contributed by atoms with Crippen LogP contribution in [0.5, 0.6) is 5.75 Å². The summed E-state index contributed by atoms with van der Waals surface area (Å²) in [5, 5.41) is 9.56. The Morgan fingerprint density at radius 2 is 1.86 bits per heavy atom. The summed E-state index contributed by atoms with van der Waals surface area (Å²) >= 11 is 6.12. The normalized spacial score (nSPS) is 11.5. The first kappa shape index (κ1) is 15.8. The zero-order valence-corrected chi connectivity index (χ0v) is 12.8. The maximum Gasteiger partial charge on any atom is 0.174 e. The topological polar surface area (TPSA) is 29.5 Å². The van der Waals surface area contributed by atoms with E-state index in [1.54, 1.807) is 6.07 Å². The van der Waals surface area contributed by atoms with Gasteiger partial charge in [-0.3, -0.25) is 0 Å². The Kier molecular flexibility index (Phi) is 4.86.